The molecule has 0 saturated heterocycles. The van der Waals surface area contributed by atoms with Gasteiger partial charge in [0.05, 0.1) is 22.1 Å². The third-order valence-electron chi connectivity index (χ3n) is 11.6. The van der Waals surface area contributed by atoms with Crippen LogP contribution in [0, 0.1) is 0 Å². The fraction of sp³-hybridized carbons (Fsp3) is 0.0175. The van der Waals surface area contributed by atoms with E-state index in [1.54, 1.807) is 6.08 Å². The number of para-hydroxylation sites is 2. The van der Waals surface area contributed by atoms with Crippen molar-refractivity contribution in [3.8, 4) is 62.0 Å². The Balaban J connectivity index is 1.15. The monoisotopic (exact) mass is 809 g/mol. The van der Waals surface area contributed by atoms with Crippen molar-refractivity contribution in [3.05, 3.63) is 219 Å². The van der Waals surface area contributed by atoms with E-state index in [0.29, 0.717) is 17.5 Å². The number of hydrogen-bond donors (Lipinski definition) is 0. The standard InChI is InChI=1S/C57H39N5O/c1-3-17-38(18-4-2)55-59-56(39-21-10-6-11-22-39)61-57(60-55)48-34-43(41-24-16-23-40(33-41)37-19-8-5-9-20-37)36-58-53(48)42-29-30-47-51(35-42)63-50-32-31-46-45-27-14-15-28-49(45)62(54(46)52(47)50)44-25-12-7-13-26-44/h3-36H,1H2,2H3/b18-4-,38-17+. The molecule has 298 valence electrons. The lowest BCUT2D eigenvalue weighted by molar-refractivity contribution is 0.669. The molecule has 4 heterocycles. The SMILES string of the molecule is C=C/C=C(\C=C/C)c1nc(-c2ccccc2)nc(-c2cc(-c3cccc(-c4ccccc4)c3)cnc2-c2ccc3c(c2)oc2ccc4c5ccccc5n(-c5ccccc5)c4c23)n1. The van der Waals surface area contributed by atoms with Crippen molar-refractivity contribution >= 4 is 49.3 Å². The number of fused-ring (bicyclic) bond motifs is 7. The lowest BCUT2D eigenvalue weighted by atomic mass is 9.97. The second kappa shape index (κ2) is 15.8. The first-order valence-electron chi connectivity index (χ1n) is 21.0. The maximum atomic E-state index is 6.78. The van der Waals surface area contributed by atoms with E-state index in [4.69, 9.17) is 24.4 Å². The second-order valence-corrected chi connectivity index (χ2v) is 15.4. The molecular weight excluding hydrogens is 771 g/mol. The molecule has 0 spiro atoms. The van der Waals surface area contributed by atoms with Crippen LogP contribution in [0.15, 0.2) is 217 Å². The predicted octanol–water partition coefficient (Wildman–Crippen LogP) is 14.7. The lowest BCUT2D eigenvalue weighted by Crippen LogP contribution is -2.04. The fourth-order valence-electron chi connectivity index (χ4n) is 8.69. The summed E-state index contributed by atoms with van der Waals surface area (Å²) in [7, 11) is 0. The molecule has 4 aromatic heterocycles. The van der Waals surface area contributed by atoms with E-state index in [1.165, 1.54) is 10.8 Å². The summed E-state index contributed by atoms with van der Waals surface area (Å²) >= 11 is 0. The van der Waals surface area contributed by atoms with Gasteiger partial charge in [0.1, 0.15) is 11.2 Å². The van der Waals surface area contributed by atoms with Crippen LogP contribution < -0.4 is 0 Å². The smallest absolute Gasteiger partial charge is 0.166 e. The molecule has 11 aromatic rings. The van der Waals surface area contributed by atoms with Gasteiger partial charge in [-0.2, -0.15) is 0 Å². The highest BCUT2D eigenvalue weighted by molar-refractivity contribution is 6.24. The molecule has 0 fully saturated rings. The second-order valence-electron chi connectivity index (χ2n) is 15.4. The Kier molecular flexibility index (Phi) is 9.44. The molecule has 0 bridgehead atoms. The van der Waals surface area contributed by atoms with Crippen LogP contribution in [0.25, 0.3) is 111 Å². The van der Waals surface area contributed by atoms with Gasteiger partial charge in [0, 0.05) is 55.9 Å². The number of benzene rings is 7. The zero-order chi connectivity index (χ0) is 42.3. The molecule has 0 aliphatic carbocycles. The zero-order valence-electron chi connectivity index (χ0n) is 34.5. The largest absolute Gasteiger partial charge is 0.456 e. The Bertz CT molecular complexity index is 3580. The van der Waals surface area contributed by atoms with Crippen molar-refractivity contribution in [2.75, 3.05) is 0 Å². The molecule has 0 aliphatic rings. The summed E-state index contributed by atoms with van der Waals surface area (Å²) in [5.74, 6) is 1.59. The number of nitrogens with zero attached hydrogens (tertiary/aromatic N) is 5. The highest BCUT2D eigenvalue weighted by atomic mass is 16.3. The van der Waals surface area contributed by atoms with Gasteiger partial charge < -0.3 is 8.98 Å². The zero-order valence-corrected chi connectivity index (χ0v) is 34.5. The molecule has 63 heavy (non-hydrogen) atoms. The van der Waals surface area contributed by atoms with Crippen LogP contribution in [-0.4, -0.2) is 24.5 Å². The Morgan fingerprint density at radius 2 is 1.24 bits per heavy atom. The van der Waals surface area contributed by atoms with E-state index in [9.17, 15) is 0 Å². The quantitative estimate of drug-likeness (QED) is 0.136. The van der Waals surface area contributed by atoms with E-state index in [1.807, 2.05) is 67.7 Å². The van der Waals surface area contributed by atoms with Gasteiger partial charge in [-0.15, -0.1) is 0 Å². The number of hydrogen-bond acceptors (Lipinski definition) is 5. The summed E-state index contributed by atoms with van der Waals surface area (Å²) < 4.78 is 9.13. The summed E-state index contributed by atoms with van der Waals surface area (Å²) in [6.45, 7) is 5.96. The average molecular weight is 810 g/mol. The van der Waals surface area contributed by atoms with Crippen molar-refractivity contribution in [3.63, 3.8) is 0 Å². The van der Waals surface area contributed by atoms with Crippen LogP contribution in [0.1, 0.15) is 12.7 Å². The van der Waals surface area contributed by atoms with Gasteiger partial charge in [0.25, 0.3) is 0 Å². The van der Waals surface area contributed by atoms with Crippen molar-refractivity contribution in [2.24, 2.45) is 0 Å². The number of rotatable bonds is 9. The van der Waals surface area contributed by atoms with Crippen LogP contribution in [-0.2, 0) is 0 Å². The Morgan fingerprint density at radius 1 is 0.556 bits per heavy atom. The lowest BCUT2D eigenvalue weighted by Gasteiger charge is -2.14. The Morgan fingerprint density at radius 3 is 2.02 bits per heavy atom. The number of allylic oxidation sites excluding steroid dienone is 5. The van der Waals surface area contributed by atoms with Crippen LogP contribution >= 0.6 is 0 Å². The maximum absolute atomic E-state index is 6.78. The number of aromatic nitrogens is 5. The topological polar surface area (TPSA) is 69.6 Å². The van der Waals surface area contributed by atoms with Crippen LogP contribution in [0.2, 0.25) is 0 Å². The molecule has 7 aromatic carbocycles. The molecule has 6 nitrogen and oxygen atoms in total. The summed E-state index contributed by atoms with van der Waals surface area (Å²) in [6, 6.07) is 60.9. The molecule has 0 saturated carbocycles. The summed E-state index contributed by atoms with van der Waals surface area (Å²) in [6.07, 6.45) is 9.58. The van der Waals surface area contributed by atoms with E-state index < -0.39 is 0 Å². The first-order chi connectivity index (χ1) is 31.1. The molecular formula is C57H39N5O. The van der Waals surface area contributed by atoms with Gasteiger partial charge in [-0.05, 0) is 78.2 Å². The first-order valence-corrected chi connectivity index (χ1v) is 21.0. The summed E-state index contributed by atoms with van der Waals surface area (Å²) in [5.41, 5.74) is 13.2. The van der Waals surface area contributed by atoms with Gasteiger partial charge in [0.15, 0.2) is 17.5 Å². The minimum atomic E-state index is 0.501. The van der Waals surface area contributed by atoms with Gasteiger partial charge >= 0.3 is 0 Å². The maximum Gasteiger partial charge on any atom is 0.166 e. The van der Waals surface area contributed by atoms with Gasteiger partial charge in [0.2, 0.25) is 0 Å². The molecule has 6 heteroatoms. The summed E-state index contributed by atoms with van der Waals surface area (Å²) in [4.78, 5) is 20.6. The minimum absolute atomic E-state index is 0.501. The van der Waals surface area contributed by atoms with E-state index >= 15 is 0 Å². The van der Waals surface area contributed by atoms with Gasteiger partial charge in [-0.3, -0.25) is 4.98 Å². The van der Waals surface area contributed by atoms with Crippen molar-refractivity contribution in [1.82, 2.24) is 24.5 Å². The number of pyridine rings is 1. The normalized spacial score (nSPS) is 12.0. The number of furan rings is 1. The third-order valence-corrected chi connectivity index (χ3v) is 11.6. The molecule has 0 aliphatic heterocycles. The first kappa shape index (κ1) is 37.5. The molecule has 0 atom stereocenters. The van der Waals surface area contributed by atoms with Crippen molar-refractivity contribution in [2.45, 2.75) is 6.92 Å². The van der Waals surface area contributed by atoms with E-state index in [-0.39, 0.29) is 0 Å². The van der Waals surface area contributed by atoms with Gasteiger partial charge in [-0.1, -0.05) is 152 Å². The minimum Gasteiger partial charge on any atom is -0.456 e. The van der Waals surface area contributed by atoms with Crippen LogP contribution in [0.5, 0.6) is 0 Å². The molecule has 0 amide bonds. The van der Waals surface area contributed by atoms with Gasteiger partial charge in [-0.25, -0.2) is 15.0 Å². The molecule has 0 unspecified atom stereocenters. The van der Waals surface area contributed by atoms with E-state index in [0.717, 1.165) is 88.9 Å². The predicted molar refractivity (Wildman–Crippen MR) is 259 cm³/mol. The Hall–Kier alpha value is -8.48. The molecule has 0 radical (unpaired) electrons. The van der Waals surface area contributed by atoms with Crippen molar-refractivity contribution < 1.29 is 4.42 Å². The highest BCUT2D eigenvalue weighted by Gasteiger charge is 2.22. The molecule has 0 N–H and O–H groups in total. The summed E-state index contributed by atoms with van der Waals surface area (Å²) in [5, 5.41) is 4.46. The highest BCUT2D eigenvalue weighted by Crippen LogP contribution is 2.43. The average Bonchev–Trinajstić information content (AvgIpc) is 3.90. The van der Waals surface area contributed by atoms with Crippen LogP contribution in [0.4, 0.5) is 0 Å². The molecule has 11 rings (SSSR count). The Labute approximate surface area is 364 Å². The van der Waals surface area contributed by atoms with Crippen molar-refractivity contribution in [1.29, 1.82) is 0 Å². The fourth-order valence-corrected chi connectivity index (χ4v) is 8.69. The van der Waals surface area contributed by atoms with E-state index in [2.05, 4.69) is 151 Å². The van der Waals surface area contributed by atoms with Crippen LogP contribution in [0.3, 0.4) is 0 Å². The third kappa shape index (κ3) is 6.71.